The van der Waals surface area contributed by atoms with Gasteiger partial charge in [0.25, 0.3) is 0 Å². The Morgan fingerprint density at radius 1 is 1.18 bits per heavy atom. The van der Waals surface area contributed by atoms with E-state index in [9.17, 15) is 9.59 Å². The van der Waals surface area contributed by atoms with Crippen LogP contribution >= 0.6 is 0 Å². The first kappa shape index (κ1) is 12.4. The van der Waals surface area contributed by atoms with Crippen molar-refractivity contribution in [1.29, 1.82) is 0 Å². The zero-order valence-corrected chi connectivity index (χ0v) is 9.93. The minimum Gasteiger partial charge on any atom is -0.481 e. The second kappa shape index (κ2) is 5.49. The van der Waals surface area contributed by atoms with Crippen LogP contribution in [0.4, 0.5) is 0 Å². The zero-order valence-electron chi connectivity index (χ0n) is 9.93. The number of nitrogens with zero attached hydrogens (tertiary/aromatic N) is 1. The minimum absolute atomic E-state index is 0.00510. The van der Waals surface area contributed by atoms with E-state index in [0.29, 0.717) is 38.5 Å². The molecular weight excluding hydrogens is 222 g/mol. The molecular formula is C12H19NO4. The van der Waals surface area contributed by atoms with E-state index in [1.54, 1.807) is 4.90 Å². The van der Waals surface area contributed by atoms with Crippen molar-refractivity contribution in [2.75, 3.05) is 26.3 Å². The van der Waals surface area contributed by atoms with Gasteiger partial charge in [0.05, 0.1) is 12.5 Å². The third kappa shape index (κ3) is 3.70. The van der Waals surface area contributed by atoms with Crippen LogP contribution in [0.3, 0.4) is 0 Å². The van der Waals surface area contributed by atoms with Crippen molar-refractivity contribution in [3.05, 3.63) is 0 Å². The van der Waals surface area contributed by atoms with Crippen LogP contribution in [-0.4, -0.2) is 48.2 Å². The van der Waals surface area contributed by atoms with Gasteiger partial charge >= 0.3 is 5.97 Å². The summed E-state index contributed by atoms with van der Waals surface area (Å²) >= 11 is 0. The number of likely N-dealkylation sites (tertiary alicyclic amines) is 1. The Balaban J connectivity index is 1.64. The fourth-order valence-electron chi connectivity index (χ4n) is 2.06. The summed E-state index contributed by atoms with van der Waals surface area (Å²) < 4.78 is 5.34. The highest BCUT2D eigenvalue weighted by Crippen LogP contribution is 2.28. The first-order chi connectivity index (χ1) is 8.16. The van der Waals surface area contributed by atoms with Crippen molar-refractivity contribution in [3.8, 4) is 0 Å². The summed E-state index contributed by atoms with van der Waals surface area (Å²) in [5, 5.41) is 8.84. The van der Waals surface area contributed by atoms with Crippen LogP contribution in [0.2, 0.25) is 0 Å². The van der Waals surface area contributed by atoms with Crippen LogP contribution in [0.15, 0.2) is 0 Å². The summed E-state index contributed by atoms with van der Waals surface area (Å²) in [6, 6.07) is 0. The zero-order chi connectivity index (χ0) is 12.3. The summed E-state index contributed by atoms with van der Waals surface area (Å²) in [5.41, 5.74) is 0. The second-order valence-corrected chi connectivity index (χ2v) is 4.95. The molecule has 1 amide bonds. The van der Waals surface area contributed by atoms with E-state index in [4.69, 9.17) is 9.84 Å². The van der Waals surface area contributed by atoms with Crippen molar-refractivity contribution in [1.82, 2.24) is 4.90 Å². The van der Waals surface area contributed by atoms with Gasteiger partial charge in [-0.3, -0.25) is 9.59 Å². The number of carboxylic acid groups (broad SMARTS) is 1. The summed E-state index contributed by atoms with van der Waals surface area (Å²) in [6.07, 6.45) is 3.56. The van der Waals surface area contributed by atoms with Gasteiger partial charge in [0.1, 0.15) is 6.61 Å². The number of carbonyl (C=O) groups excluding carboxylic acids is 1. The number of hydrogen-bond acceptors (Lipinski definition) is 3. The van der Waals surface area contributed by atoms with Gasteiger partial charge in [0.2, 0.25) is 5.91 Å². The summed E-state index contributed by atoms with van der Waals surface area (Å²) in [4.78, 5) is 24.2. The molecule has 0 spiro atoms. The average molecular weight is 241 g/mol. The molecule has 0 unspecified atom stereocenters. The van der Waals surface area contributed by atoms with Crippen molar-refractivity contribution < 1.29 is 19.4 Å². The monoisotopic (exact) mass is 241 g/mol. The Morgan fingerprint density at radius 3 is 2.35 bits per heavy atom. The lowest BCUT2D eigenvalue weighted by molar-refractivity contribution is -0.146. The number of ether oxygens (including phenoxy) is 1. The van der Waals surface area contributed by atoms with E-state index >= 15 is 0 Å². The number of aliphatic carboxylic acids is 1. The molecule has 96 valence electrons. The van der Waals surface area contributed by atoms with Gasteiger partial charge < -0.3 is 14.7 Å². The predicted molar refractivity (Wildman–Crippen MR) is 60.5 cm³/mol. The quantitative estimate of drug-likeness (QED) is 0.770. The number of hydrogen-bond donors (Lipinski definition) is 1. The van der Waals surface area contributed by atoms with Crippen molar-refractivity contribution in [3.63, 3.8) is 0 Å². The lowest BCUT2D eigenvalue weighted by Gasteiger charge is -2.30. The Kier molecular flexibility index (Phi) is 3.99. The first-order valence-corrected chi connectivity index (χ1v) is 6.25. The fraction of sp³-hybridized carbons (Fsp3) is 0.833. The third-order valence-electron chi connectivity index (χ3n) is 3.47. The molecule has 1 saturated carbocycles. The molecule has 17 heavy (non-hydrogen) atoms. The largest absolute Gasteiger partial charge is 0.481 e. The van der Waals surface area contributed by atoms with E-state index in [2.05, 4.69) is 0 Å². The molecule has 2 rings (SSSR count). The van der Waals surface area contributed by atoms with Gasteiger partial charge in [0.15, 0.2) is 0 Å². The van der Waals surface area contributed by atoms with E-state index in [1.165, 1.54) is 12.8 Å². The number of carboxylic acids is 1. The standard InChI is InChI=1S/C12H19NO4/c14-11(8-17-7-9-1-2-9)13-5-3-10(4-6-13)12(15)16/h9-10H,1-8H2,(H,15,16). The van der Waals surface area contributed by atoms with Crippen molar-refractivity contribution in [2.45, 2.75) is 25.7 Å². The summed E-state index contributed by atoms with van der Waals surface area (Å²) in [6.45, 7) is 1.93. The van der Waals surface area contributed by atoms with Crippen LogP contribution in [0.25, 0.3) is 0 Å². The molecule has 1 saturated heterocycles. The highest BCUT2D eigenvalue weighted by atomic mass is 16.5. The van der Waals surface area contributed by atoms with Crippen LogP contribution in [0, 0.1) is 11.8 Å². The Labute approximate surface area is 101 Å². The van der Waals surface area contributed by atoms with E-state index in [-0.39, 0.29) is 18.4 Å². The highest BCUT2D eigenvalue weighted by molar-refractivity contribution is 5.78. The topological polar surface area (TPSA) is 66.8 Å². The van der Waals surface area contributed by atoms with Crippen LogP contribution < -0.4 is 0 Å². The summed E-state index contributed by atoms with van der Waals surface area (Å²) in [7, 11) is 0. The molecule has 1 N–H and O–H groups in total. The smallest absolute Gasteiger partial charge is 0.306 e. The molecule has 0 bridgehead atoms. The Bertz CT molecular complexity index is 293. The van der Waals surface area contributed by atoms with Gasteiger partial charge in [0, 0.05) is 13.1 Å². The van der Waals surface area contributed by atoms with Gasteiger partial charge in [-0.1, -0.05) is 0 Å². The molecule has 0 atom stereocenters. The number of rotatable bonds is 5. The number of piperidine rings is 1. The van der Waals surface area contributed by atoms with Crippen molar-refractivity contribution >= 4 is 11.9 Å². The average Bonchev–Trinajstić information content (AvgIpc) is 3.13. The molecule has 2 aliphatic rings. The molecule has 0 radical (unpaired) electrons. The van der Waals surface area contributed by atoms with E-state index < -0.39 is 5.97 Å². The molecule has 5 nitrogen and oxygen atoms in total. The lowest BCUT2D eigenvalue weighted by Crippen LogP contribution is -2.42. The summed E-state index contributed by atoms with van der Waals surface area (Å²) in [5.74, 6) is -0.372. The minimum atomic E-state index is -0.748. The molecule has 1 aliphatic carbocycles. The normalized spacial score (nSPS) is 21.5. The first-order valence-electron chi connectivity index (χ1n) is 6.25. The van der Waals surface area contributed by atoms with Gasteiger partial charge in [-0.15, -0.1) is 0 Å². The molecule has 5 heteroatoms. The molecule has 0 aromatic heterocycles. The molecule has 2 fully saturated rings. The van der Waals surface area contributed by atoms with Gasteiger partial charge in [-0.2, -0.15) is 0 Å². The highest BCUT2D eigenvalue weighted by Gasteiger charge is 2.27. The van der Waals surface area contributed by atoms with Crippen molar-refractivity contribution in [2.24, 2.45) is 11.8 Å². The Morgan fingerprint density at radius 2 is 1.82 bits per heavy atom. The van der Waals surface area contributed by atoms with E-state index in [0.717, 1.165) is 0 Å². The maximum absolute atomic E-state index is 11.7. The van der Waals surface area contributed by atoms with Crippen LogP contribution in [0.1, 0.15) is 25.7 Å². The van der Waals surface area contributed by atoms with E-state index in [1.807, 2.05) is 0 Å². The number of carbonyl (C=O) groups is 2. The predicted octanol–water partition coefficient (Wildman–Crippen LogP) is 0.736. The number of amides is 1. The molecule has 0 aromatic rings. The maximum atomic E-state index is 11.7. The maximum Gasteiger partial charge on any atom is 0.306 e. The van der Waals surface area contributed by atoms with Crippen LogP contribution in [-0.2, 0) is 14.3 Å². The Hall–Kier alpha value is -1.10. The van der Waals surface area contributed by atoms with Gasteiger partial charge in [-0.05, 0) is 31.6 Å². The van der Waals surface area contributed by atoms with Gasteiger partial charge in [-0.25, -0.2) is 0 Å². The molecule has 1 heterocycles. The molecule has 1 aliphatic heterocycles. The molecule has 0 aromatic carbocycles. The second-order valence-electron chi connectivity index (χ2n) is 4.95. The lowest BCUT2D eigenvalue weighted by atomic mass is 9.97. The fourth-order valence-corrected chi connectivity index (χ4v) is 2.06. The SMILES string of the molecule is O=C(O)C1CCN(C(=O)COCC2CC2)CC1. The van der Waals surface area contributed by atoms with Crippen LogP contribution in [0.5, 0.6) is 0 Å². The third-order valence-corrected chi connectivity index (χ3v) is 3.47.